The molecule has 0 bridgehead atoms. The number of amides is 1. The highest BCUT2D eigenvalue weighted by Crippen LogP contribution is 2.30. The number of halogens is 1. The molecule has 1 aliphatic rings. The van der Waals surface area contributed by atoms with Gasteiger partial charge in [-0.15, -0.1) is 0 Å². The fourth-order valence-corrected chi connectivity index (χ4v) is 3.41. The Kier molecular flexibility index (Phi) is 6.29. The van der Waals surface area contributed by atoms with Gasteiger partial charge in [0.2, 0.25) is 0 Å². The van der Waals surface area contributed by atoms with Crippen LogP contribution in [-0.4, -0.2) is 44.2 Å². The summed E-state index contributed by atoms with van der Waals surface area (Å²) in [6.07, 6.45) is 1.75. The van der Waals surface area contributed by atoms with E-state index in [1.54, 1.807) is 25.3 Å². The van der Waals surface area contributed by atoms with Gasteiger partial charge in [0.05, 0.1) is 19.8 Å². The van der Waals surface area contributed by atoms with Gasteiger partial charge < -0.3 is 14.8 Å². The molecule has 2 aromatic carbocycles. The number of rotatable bonds is 6. The summed E-state index contributed by atoms with van der Waals surface area (Å²) < 4.78 is 23.6. The fraction of sp³-hybridized carbons (Fsp3) is 0.381. The second-order valence-electron chi connectivity index (χ2n) is 6.69. The number of carbonyl (C=O) groups is 1. The molecule has 1 saturated heterocycles. The van der Waals surface area contributed by atoms with Crippen molar-refractivity contribution >= 4 is 5.91 Å². The number of likely N-dealkylation sites (tertiary alicyclic amines) is 1. The zero-order valence-corrected chi connectivity index (χ0v) is 15.7. The molecule has 0 atom stereocenters. The van der Waals surface area contributed by atoms with Crippen LogP contribution >= 0.6 is 0 Å². The lowest BCUT2D eigenvalue weighted by atomic mass is 10.0. The molecular formula is C21H25FN2O3. The zero-order chi connectivity index (χ0) is 19.2. The van der Waals surface area contributed by atoms with Crippen LogP contribution < -0.4 is 14.8 Å². The van der Waals surface area contributed by atoms with E-state index < -0.39 is 0 Å². The highest BCUT2D eigenvalue weighted by molar-refractivity contribution is 5.98. The second kappa shape index (κ2) is 8.86. The summed E-state index contributed by atoms with van der Waals surface area (Å²) in [7, 11) is 3.08. The van der Waals surface area contributed by atoms with Gasteiger partial charge in [0.1, 0.15) is 5.82 Å². The van der Waals surface area contributed by atoms with Crippen molar-refractivity contribution in [1.29, 1.82) is 0 Å². The second-order valence-corrected chi connectivity index (χ2v) is 6.69. The van der Waals surface area contributed by atoms with Gasteiger partial charge in [0.25, 0.3) is 5.91 Å². The van der Waals surface area contributed by atoms with Gasteiger partial charge in [-0.1, -0.05) is 18.2 Å². The summed E-state index contributed by atoms with van der Waals surface area (Å²) in [5.74, 6) is 0.626. The van der Waals surface area contributed by atoms with Crippen molar-refractivity contribution in [3.05, 3.63) is 59.4 Å². The Morgan fingerprint density at radius 1 is 1.11 bits per heavy atom. The van der Waals surface area contributed by atoms with Crippen molar-refractivity contribution < 1.29 is 18.7 Å². The van der Waals surface area contributed by atoms with Gasteiger partial charge in [0.15, 0.2) is 11.5 Å². The zero-order valence-electron chi connectivity index (χ0n) is 15.7. The standard InChI is InChI=1S/C21H25FN2O3/c1-26-19-5-3-4-18(20(19)27-2)21(25)23-17-10-12-24(13-11-17)14-15-6-8-16(22)9-7-15/h3-9,17H,10-14H2,1-2H3,(H,23,25). The van der Waals surface area contributed by atoms with E-state index in [0.29, 0.717) is 17.1 Å². The quantitative estimate of drug-likeness (QED) is 0.846. The molecule has 0 unspecified atom stereocenters. The van der Waals surface area contributed by atoms with Crippen LogP contribution in [0, 0.1) is 5.82 Å². The highest BCUT2D eigenvalue weighted by atomic mass is 19.1. The van der Waals surface area contributed by atoms with Crippen molar-refractivity contribution in [1.82, 2.24) is 10.2 Å². The molecule has 6 heteroatoms. The predicted molar refractivity (Wildman–Crippen MR) is 102 cm³/mol. The SMILES string of the molecule is COc1cccc(C(=O)NC2CCN(Cc3ccc(F)cc3)CC2)c1OC. The molecule has 1 heterocycles. The van der Waals surface area contributed by atoms with Crippen LogP contribution in [0.4, 0.5) is 4.39 Å². The maximum atomic E-state index is 13.0. The van der Waals surface area contributed by atoms with Gasteiger partial charge in [-0.3, -0.25) is 9.69 Å². The smallest absolute Gasteiger partial charge is 0.255 e. The fourth-order valence-electron chi connectivity index (χ4n) is 3.41. The molecular weight excluding hydrogens is 347 g/mol. The third kappa shape index (κ3) is 4.77. The molecule has 1 amide bonds. The van der Waals surface area contributed by atoms with E-state index in [-0.39, 0.29) is 17.8 Å². The first-order chi connectivity index (χ1) is 13.1. The van der Waals surface area contributed by atoms with Crippen LogP contribution in [0.15, 0.2) is 42.5 Å². The van der Waals surface area contributed by atoms with E-state index in [1.165, 1.54) is 19.2 Å². The molecule has 0 radical (unpaired) electrons. The van der Waals surface area contributed by atoms with Crippen LogP contribution in [-0.2, 0) is 6.54 Å². The van der Waals surface area contributed by atoms with Crippen LogP contribution in [0.3, 0.4) is 0 Å². The molecule has 0 spiro atoms. The predicted octanol–water partition coefficient (Wildman–Crippen LogP) is 3.24. The number of benzene rings is 2. The van der Waals surface area contributed by atoms with E-state index >= 15 is 0 Å². The van der Waals surface area contributed by atoms with E-state index in [9.17, 15) is 9.18 Å². The average Bonchev–Trinajstić information content (AvgIpc) is 2.70. The molecule has 1 aliphatic heterocycles. The lowest BCUT2D eigenvalue weighted by Crippen LogP contribution is -2.44. The molecule has 1 fully saturated rings. The Balaban J connectivity index is 1.54. The van der Waals surface area contributed by atoms with Gasteiger partial charge in [0, 0.05) is 25.7 Å². The number of methoxy groups -OCH3 is 2. The lowest BCUT2D eigenvalue weighted by molar-refractivity contribution is 0.0905. The number of ether oxygens (including phenoxy) is 2. The number of hydrogen-bond acceptors (Lipinski definition) is 4. The van der Waals surface area contributed by atoms with E-state index in [0.717, 1.165) is 38.0 Å². The number of nitrogens with zero attached hydrogens (tertiary/aromatic N) is 1. The third-order valence-electron chi connectivity index (χ3n) is 4.89. The van der Waals surface area contributed by atoms with Crippen molar-refractivity contribution in [2.45, 2.75) is 25.4 Å². The number of para-hydroxylation sites is 1. The third-order valence-corrected chi connectivity index (χ3v) is 4.89. The topological polar surface area (TPSA) is 50.8 Å². The van der Waals surface area contributed by atoms with Crippen LogP contribution in [0.2, 0.25) is 0 Å². The van der Waals surface area contributed by atoms with Gasteiger partial charge in [-0.2, -0.15) is 0 Å². The van der Waals surface area contributed by atoms with Crippen molar-refractivity contribution in [3.63, 3.8) is 0 Å². The Morgan fingerprint density at radius 3 is 2.44 bits per heavy atom. The molecule has 0 aromatic heterocycles. The largest absolute Gasteiger partial charge is 0.493 e. The molecule has 0 saturated carbocycles. The van der Waals surface area contributed by atoms with E-state index in [2.05, 4.69) is 10.2 Å². The minimum absolute atomic E-state index is 0.123. The van der Waals surface area contributed by atoms with E-state index in [1.807, 2.05) is 12.1 Å². The Labute approximate surface area is 159 Å². The highest BCUT2D eigenvalue weighted by Gasteiger charge is 2.23. The molecule has 5 nitrogen and oxygen atoms in total. The number of hydrogen-bond donors (Lipinski definition) is 1. The molecule has 1 N–H and O–H groups in total. The Morgan fingerprint density at radius 2 is 1.81 bits per heavy atom. The summed E-state index contributed by atoms with van der Waals surface area (Å²) in [4.78, 5) is 15.0. The Bertz CT molecular complexity index is 771. The summed E-state index contributed by atoms with van der Waals surface area (Å²) in [5.41, 5.74) is 1.57. The van der Waals surface area contributed by atoms with E-state index in [4.69, 9.17) is 9.47 Å². The molecule has 2 aromatic rings. The monoisotopic (exact) mass is 372 g/mol. The van der Waals surface area contributed by atoms with Crippen LogP contribution in [0.5, 0.6) is 11.5 Å². The van der Waals surface area contributed by atoms with Crippen molar-refractivity contribution in [2.24, 2.45) is 0 Å². The van der Waals surface area contributed by atoms with Crippen LogP contribution in [0.25, 0.3) is 0 Å². The van der Waals surface area contributed by atoms with Crippen molar-refractivity contribution in [3.8, 4) is 11.5 Å². The average molecular weight is 372 g/mol. The number of piperidine rings is 1. The summed E-state index contributed by atoms with van der Waals surface area (Å²) in [5, 5.41) is 3.10. The Hall–Kier alpha value is -2.60. The first-order valence-electron chi connectivity index (χ1n) is 9.09. The van der Waals surface area contributed by atoms with Crippen molar-refractivity contribution in [2.75, 3.05) is 27.3 Å². The molecule has 27 heavy (non-hydrogen) atoms. The maximum Gasteiger partial charge on any atom is 0.255 e. The first-order valence-corrected chi connectivity index (χ1v) is 9.09. The molecule has 0 aliphatic carbocycles. The number of carbonyl (C=O) groups excluding carboxylic acids is 1. The minimum atomic E-state index is -0.215. The van der Waals surface area contributed by atoms with Gasteiger partial charge in [-0.25, -0.2) is 4.39 Å². The minimum Gasteiger partial charge on any atom is -0.493 e. The lowest BCUT2D eigenvalue weighted by Gasteiger charge is -2.32. The summed E-state index contributed by atoms with van der Waals surface area (Å²) >= 11 is 0. The van der Waals surface area contributed by atoms with Crippen LogP contribution in [0.1, 0.15) is 28.8 Å². The van der Waals surface area contributed by atoms with Gasteiger partial charge in [-0.05, 0) is 42.7 Å². The van der Waals surface area contributed by atoms with Gasteiger partial charge >= 0.3 is 0 Å². The molecule has 3 rings (SSSR count). The summed E-state index contributed by atoms with van der Waals surface area (Å²) in [6, 6.07) is 12.0. The molecule has 144 valence electrons. The summed E-state index contributed by atoms with van der Waals surface area (Å²) in [6.45, 7) is 2.57. The normalized spacial score (nSPS) is 15.4. The number of nitrogens with one attached hydrogen (secondary N) is 1. The maximum absolute atomic E-state index is 13.0. The first kappa shape index (κ1) is 19.2.